The van der Waals surface area contributed by atoms with E-state index in [1.54, 1.807) is 18.0 Å². The zero-order chi connectivity index (χ0) is 15.6. The molecule has 2 atom stereocenters. The van der Waals surface area contributed by atoms with Gasteiger partial charge in [0.2, 0.25) is 5.91 Å². The van der Waals surface area contributed by atoms with Crippen molar-refractivity contribution >= 4 is 39.1 Å². The van der Waals surface area contributed by atoms with Gasteiger partial charge in [-0.3, -0.25) is 4.79 Å². The number of thioether (sulfide) groups is 1. The van der Waals surface area contributed by atoms with Crippen LogP contribution in [0.4, 0.5) is 0 Å². The summed E-state index contributed by atoms with van der Waals surface area (Å²) >= 11 is 7.36. The van der Waals surface area contributed by atoms with Gasteiger partial charge in [0.15, 0.2) is 9.84 Å². The number of hydrogen-bond acceptors (Lipinski definition) is 4. The Morgan fingerprint density at radius 3 is 2.76 bits per heavy atom. The minimum atomic E-state index is -2.98. The first kappa shape index (κ1) is 16.6. The summed E-state index contributed by atoms with van der Waals surface area (Å²) in [6.07, 6.45) is 0.527. The van der Waals surface area contributed by atoms with E-state index in [-0.39, 0.29) is 28.7 Å². The summed E-state index contributed by atoms with van der Waals surface area (Å²) in [5.41, 5.74) is 0. The SMILES string of the molecule is CC(Sc1cccc(Cl)c1)C(=O)N(C)C1CCS(=O)(=O)C1. The van der Waals surface area contributed by atoms with Crippen molar-refractivity contribution in [3.05, 3.63) is 29.3 Å². The van der Waals surface area contributed by atoms with Gasteiger partial charge in [-0.2, -0.15) is 0 Å². The van der Waals surface area contributed by atoms with Gasteiger partial charge in [-0.15, -0.1) is 11.8 Å². The molecule has 1 aliphatic rings. The Kier molecular flexibility index (Phi) is 5.22. The van der Waals surface area contributed by atoms with Crippen molar-refractivity contribution in [2.45, 2.75) is 29.5 Å². The van der Waals surface area contributed by atoms with E-state index in [9.17, 15) is 13.2 Å². The van der Waals surface area contributed by atoms with Gasteiger partial charge in [-0.05, 0) is 31.5 Å². The van der Waals surface area contributed by atoms with E-state index in [2.05, 4.69) is 0 Å². The molecular weight excluding hydrogens is 330 g/mol. The molecule has 0 radical (unpaired) electrons. The Balaban J connectivity index is 1.99. The molecule has 116 valence electrons. The molecule has 0 bridgehead atoms. The third-order valence-corrected chi connectivity index (χ3v) is 6.63. The Bertz CT molecular complexity index is 633. The molecule has 1 saturated heterocycles. The molecule has 4 nitrogen and oxygen atoms in total. The van der Waals surface area contributed by atoms with Crippen LogP contribution < -0.4 is 0 Å². The second-order valence-corrected chi connectivity index (χ2v) is 9.30. The lowest BCUT2D eigenvalue weighted by Gasteiger charge is -2.26. The quantitative estimate of drug-likeness (QED) is 0.785. The highest BCUT2D eigenvalue weighted by Gasteiger charge is 2.34. The lowest BCUT2D eigenvalue weighted by molar-refractivity contribution is -0.130. The van der Waals surface area contributed by atoms with Crippen LogP contribution in [-0.2, 0) is 14.6 Å². The van der Waals surface area contributed by atoms with E-state index in [4.69, 9.17) is 11.6 Å². The molecule has 0 spiro atoms. The minimum Gasteiger partial charge on any atom is -0.341 e. The average Bonchev–Trinajstić information content (AvgIpc) is 2.77. The molecule has 0 aromatic heterocycles. The van der Waals surface area contributed by atoms with Gasteiger partial charge in [0, 0.05) is 23.0 Å². The van der Waals surface area contributed by atoms with Gasteiger partial charge in [0.1, 0.15) is 0 Å². The molecule has 1 amide bonds. The van der Waals surface area contributed by atoms with Crippen molar-refractivity contribution in [1.29, 1.82) is 0 Å². The van der Waals surface area contributed by atoms with E-state index >= 15 is 0 Å². The maximum Gasteiger partial charge on any atom is 0.235 e. The molecular formula is C14H18ClNO3S2. The first-order valence-electron chi connectivity index (χ1n) is 6.68. The van der Waals surface area contributed by atoms with Crippen molar-refractivity contribution in [3.8, 4) is 0 Å². The van der Waals surface area contributed by atoms with Crippen LogP contribution in [0.5, 0.6) is 0 Å². The van der Waals surface area contributed by atoms with Gasteiger partial charge < -0.3 is 4.90 Å². The van der Waals surface area contributed by atoms with Crippen molar-refractivity contribution < 1.29 is 13.2 Å². The van der Waals surface area contributed by atoms with Crippen LogP contribution in [0.25, 0.3) is 0 Å². The number of hydrogen-bond donors (Lipinski definition) is 0. The van der Waals surface area contributed by atoms with Crippen LogP contribution in [0, 0.1) is 0 Å². The van der Waals surface area contributed by atoms with E-state index in [0.29, 0.717) is 11.4 Å². The highest BCUT2D eigenvalue weighted by Crippen LogP contribution is 2.27. The van der Waals surface area contributed by atoms with Crippen molar-refractivity contribution in [3.63, 3.8) is 0 Å². The van der Waals surface area contributed by atoms with Gasteiger partial charge >= 0.3 is 0 Å². The van der Waals surface area contributed by atoms with Gasteiger partial charge in [0.05, 0.1) is 16.8 Å². The molecule has 1 fully saturated rings. The van der Waals surface area contributed by atoms with Crippen LogP contribution in [0.15, 0.2) is 29.2 Å². The third kappa shape index (κ3) is 4.37. The Morgan fingerprint density at radius 2 is 2.19 bits per heavy atom. The van der Waals surface area contributed by atoms with E-state index in [1.807, 2.05) is 25.1 Å². The number of sulfone groups is 1. The third-order valence-electron chi connectivity index (χ3n) is 3.56. The number of benzene rings is 1. The molecule has 1 heterocycles. The fourth-order valence-corrected chi connectivity index (χ4v) is 5.40. The predicted octanol–water partition coefficient (Wildman–Crippen LogP) is 2.47. The minimum absolute atomic E-state index is 0.0536. The smallest absolute Gasteiger partial charge is 0.235 e. The van der Waals surface area contributed by atoms with Crippen LogP contribution in [0.3, 0.4) is 0 Å². The van der Waals surface area contributed by atoms with Crippen molar-refractivity contribution in [1.82, 2.24) is 4.90 Å². The van der Waals surface area contributed by atoms with Crippen molar-refractivity contribution in [2.24, 2.45) is 0 Å². The molecule has 7 heteroatoms. The monoisotopic (exact) mass is 347 g/mol. The van der Waals surface area contributed by atoms with Crippen LogP contribution in [0.2, 0.25) is 5.02 Å². The number of halogens is 1. The summed E-state index contributed by atoms with van der Waals surface area (Å²) in [5, 5.41) is 0.353. The Hall–Kier alpha value is -0.720. The molecule has 0 aliphatic carbocycles. The molecule has 2 rings (SSSR count). The highest BCUT2D eigenvalue weighted by atomic mass is 35.5. The molecule has 1 aliphatic heterocycles. The molecule has 0 saturated carbocycles. The molecule has 1 aromatic carbocycles. The van der Waals surface area contributed by atoms with E-state index < -0.39 is 9.84 Å². The maximum absolute atomic E-state index is 12.4. The van der Waals surface area contributed by atoms with Crippen molar-refractivity contribution in [2.75, 3.05) is 18.6 Å². The van der Waals surface area contributed by atoms with Crippen LogP contribution in [-0.4, -0.2) is 49.1 Å². The summed E-state index contributed by atoms with van der Waals surface area (Å²) in [4.78, 5) is 14.9. The number of amides is 1. The van der Waals surface area contributed by atoms with Gasteiger partial charge in [0.25, 0.3) is 0 Å². The second kappa shape index (κ2) is 6.58. The number of carbonyl (C=O) groups excluding carboxylic acids is 1. The zero-order valence-corrected chi connectivity index (χ0v) is 14.3. The zero-order valence-electron chi connectivity index (χ0n) is 12.0. The van der Waals surface area contributed by atoms with Crippen LogP contribution in [0.1, 0.15) is 13.3 Å². The summed E-state index contributed by atoms with van der Waals surface area (Å²) in [6.45, 7) is 1.83. The van der Waals surface area contributed by atoms with E-state index in [1.165, 1.54) is 11.8 Å². The topological polar surface area (TPSA) is 54.5 Å². The molecule has 0 N–H and O–H groups in total. The lowest BCUT2D eigenvalue weighted by atomic mass is 10.2. The summed E-state index contributed by atoms with van der Waals surface area (Å²) in [6, 6.07) is 7.14. The van der Waals surface area contributed by atoms with Crippen LogP contribution >= 0.6 is 23.4 Å². The predicted molar refractivity (Wildman–Crippen MR) is 86.6 cm³/mol. The van der Waals surface area contributed by atoms with Gasteiger partial charge in [-0.1, -0.05) is 17.7 Å². The number of rotatable bonds is 4. The second-order valence-electron chi connectivity index (χ2n) is 5.22. The number of nitrogens with zero attached hydrogens (tertiary/aromatic N) is 1. The van der Waals surface area contributed by atoms with Gasteiger partial charge in [-0.25, -0.2) is 8.42 Å². The standard InChI is InChI=1S/C14H18ClNO3S2/c1-10(20-13-5-3-4-11(15)8-13)14(17)16(2)12-6-7-21(18,19)9-12/h3-5,8,10,12H,6-7,9H2,1-2H3. The molecule has 1 aromatic rings. The largest absolute Gasteiger partial charge is 0.341 e. The fraction of sp³-hybridized carbons (Fsp3) is 0.500. The maximum atomic E-state index is 12.4. The lowest BCUT2D eigenvalue weighted by Crippen LogP contribution is -2.41. The Labute approximate surface area is 134 Å². The normalized spacial score (nSPS) is 22.0. The fourth-order valence-electron chi connectivity index (χ4n) is 2.34. The highest BCUT2D eigenvalue weighted by molar-refractivity contribution is 8.00. The first-order valence-corrected chi connectivity index (χ1v) is 9.76. The Morgan fingerprint density at radius 1 is 1.48 bits per heavy atom. The molecule has 21 heavy (non-hydrogen) atoms. The summed E-state index contributed by atoms with van der Waals surface area (Å²) in [7, 11) is -1.30. The number of carbonyl (C=O) groups is 1. The van der Waals surface area contributed by atoms with E-state index in [0.717, 1.165) is 4.90 Å². The molecule has 2 unspecified atom stereocenters. The average molecular weight is 348 g/mol. The first-order chi connectivity index (χ1) is 9.78. The summed E-state index contributed by atoms with van der Waals surface area (Å²) < 4.78 is 23.0. The summed E-state index contributed by atoms with van der Waals surface area (Å²) in [5.74, 6) is 0.191.